The van der Waals surface area contributed by atoms with Crippen molar-refractivity contribution in [1.29, 1.82) is 0 Å². The normalized spacial score (nSPS) is 10.0. The second-order valence-corrected chi connectivity index (χ2v) is 4.34. The summed E-state index contributed by atoms with van der Waals surface area (Å²) in [6, 6.07) is 14.2. The van der Waals surface area contributed by atoms with Gasteiger partial charge in [0.15, 0.2) is 12.4 Å². The number of Topliss-reactive ketones (excluding diaryl/α,β-unsaturated/α-hetero) is 1. The Morgan fingerprint density at radius 1 is 0.857 bits per heavy atom. The van der Waals surface area contributed by atoms with E-state index in [1.807, 2.05) is 19.1 Å². The van der Waals surface area contributed by atoms with Crippen LogP contribution in [0.1, 0.15) is 17.3 Å². The quantitative estimate of drug-likeness (QED) is 0.732. The fourth-order valence-corrected chi connectivity index (χ4v) is 1.81. The van der Waals surface area contributed by atoms with Gasteiger partial charge in [-0.05, 0) is 55.5 Å². The van der Waals surface area contributed by atoms with Crippen molar-refractivity contribution < 1.29 is 19.0 Å². The molecule has 0 atom stereocenters. The van der Waals surface area contributed by atoms with Crippen molar-refractivity contribution >= 4 is 5.78 Å². The Morgan fingerprint density at radius 3 is 1.90 bits per heavy atom. The minimum Gasteiger partial charge on any atom is -0.497 e. The first-order valence-electron chi connectivity index (χ1n) is 6.76. The number of methoxy groups -OCH3 is 1. The summed E-state index contributed by atoms with van der Waals surface area (Å²) in [5.74, 6) is 2.07. The van der Waals surface area contributed by atoms with Gasteiger partial charge in [-0.2, -0.15) is 0 Å². The Morgan fingerprint density at radius 2 is 1.38 bits per heavy atom. The molecule has 0 unspecified atom stereocenters. The highest BCUT2D eigenvalue weighted by atomic mass is 16.5. The van der Waals surface area contributed by atoms with E-state index >= 15 is 0 Å². The van der Waals surface area contributed by atoms with Crippen molar-refractivity contribution in [3.8, 4) is 17.2 Å². The van der Waals surface area contributed by atoms with Gasteiger partial charge in [0.1, 0.15) is 17.2 Å². The molecule has 0 aliphatic carbocycles. The molecule has 0 saturated heterocycles. The largest absolute Gasteiger partial charge is 0.497 e. The van der Waals surface area contributed by atoms with E-state index in [-0.39, 0.29) is 12.4 Å². The lowest BCUT2D eigenvalue weighted by atomic mass is 10.1. The number of benzene rings is 2. The lowest BCUT2D eigenvalue weighted by molar-refractivity contribution is 0.0921. The maximum absolute atomic E-state index is 12.0. The summed E-state index contributed by atoms with van der Waals surface area (Å²) in [6.07, 6.45) is 0. The standard InChI is InChI=1S/C17H18O4/c1-3-20-15-8-10-16(11-9-15)21-12-17(18)13-4-6-14(19-2)7-5-13/h4-11H,3,12H2,1-2H3. The summed E-state index contributed by atoms with van der Waals surface area (Å²) in [6.45, 7) is 2.55. The second kappa shape index (κ2) is 7.33. The van der Waals surface area contributed by atoms with Crippen molar-refractivity contribution in [3.63, 3.8) is 0 Å². The number of hydrogen-bond donors (Lipinski definition) is 0. The van der Waals surface area contributed by atoms with Crippen LogP contribution < -0.4 is 14.2 Å². The zero-order valence-corrected chi connectivity index (χ0v) is 12.2. The smallest absolute Gasteiger partial charge is 0.200 e. The van der Waals surface area contributed by atoms with Crippen molar-refractivity contribution in [3.05, 3.63) is 54.1 Å². The van der Waals surface area contributed by atoms with Gasteiger partial charge in [-0.1, -0.05) is 0 Å². The molecule has 4 heteroatoms. The third-order valence-electron chi connectivity index (χ3n) is 2.92. The van der Waals surface area contributed by atoms with Gasteiger partial charge in [-0.3, -0.25) is 4.79 Å². The molecule has 0 aliphatic rings. The number of ketones is 1. The molecule has 0 heterocycles. The number of hydrogen-bond acceptors (Lipinski definition) is 4. The molecule has 0 radical (unpaired) electrons. The van der Waals surface area contributed by atoms with Crippen LogP contribution in [0.2, 0.25) is 0 Å². The number of carbonyl (C=O) groups is 1. The average Bonchev–Trinajstić information content (AvgIpc) is 2.54. The monoisotopic (exact) mass is 286 g/mol. The summed E-state index contributed by atoms with van der Waals surface area (Å²) in [5.41, 5.74) is 0.599. The molecular weight excluding hydrogens is 268 g/mol. The lowest BCUT2D eigenvalue weighted by Crippen LogP contribution is -2.11. The van der Waals surface area contributed by atoms with E-state index in [2.05, 4.69) is 0 Å². The van der Waals surface area contributed by atoms with Gasteiger partial charge in [0.25, 0.3) is 0 Å². The lowest BCUT2D eigenvalue weighted by Gasteiger charge is -2.07. The molecule has 0 aromatic heterocycles. The van der Waals surface area contributed by atoms with Crippen LogP contribution in [0.4, 0.5) is 0 Å². The Labute approximate surface area is 124 Å². The van der Waals surface area contributed by atoms with Crippen LogP contribution in [0, 0.1) is 0 Å². The molecule has 110 valence electrons. The molecule has 0 amide bonds. The molecule has 0 spiro atoms. The number of carbonyl (C=O) groups excluding carboxylic acids is 1. The highest BCUT2D eigenvalue weighted by Gasteiger charge is 2.07. The first-order chi connectivity index (χ1) is 10.2. The van der Waals surface area contributed by atoms with Gasteiger partial charge >= 0.3 is 0 Å². The minimum atomic E-state index is -0.0773. The SMILES string of the molecule is CCOc1ccc(OCC(=O)c2ccc(OC)cc2)cc1. The van der Waals surface area contributed by atoms with E-state index in [1.165, 1.54) is 0 Å². The van der Waals surface area contributed by atoms with Crippen molar-refractivity contribution in [1.82, 2.24) is 0 Å². The minimum absolute atomic E-state index is 0.000308. The molecule has 0 bridgehead atoms. The molecule has 2 rings (SSSR count). The average molecular weight is 286 g/mol. The molecule has 0 aliphatic heterocycles. The second-order valence-electron chi connectivity index (χ2n) is 4.34. The zero-order valence-electron chi connectivity index (χ0n) is 12.2. The third kappa shape index (κ3) is 4.24. The van der Waals surface area contributed by atoms with Crippen LogP contribution in [-0.4, -0.2) is 26.1 Å². The van der Waals surface area contributed by atoms with Crippen molar-refractivity contribution in [2.24, 2.45) is 0 Å². The van der Waals surface area contributed by atoms with E-state index < -0.39 is 0 Å². The van der Waals surface area contributed by atoms with Gasteiger partial charge < -0.3 is 14.2 Å². The predicted molar refractivity (Wildman–Crippen MR) is 80.4 cm³/mol. The Kier molecular flexibility index (Phi) is 5.21. The van der Waals surface area contributed by atoms with Gasteiger partial charge in [-0.15, -0.1) is 0 Å². The van der Waals surface area contributed by atoms with Crippen LogP contribution in [0.25, 0.3) is 0 Å². The topological polar surface area (TPSA) is 44.8 Å². The molecular formula is C17H18O4. The Bertz CT molecular complexity index is 573. The van der Waals surface area contributed by atoms with Gasteiger partial charge in [0.2, 0.25) is 0 Å². The summed E-state index contributed by atoms with van der Waals surface area (Å²) in [5, 5.41) is 0. The number of ether oxygens (including phenoxy) is 3. The highest BCUT2D eigenvalue weighted by molar-refractivity contribution is 5.97. The van der Waals surface area contributed by atoms with Crippen LogP contribution in [-0.2, 0) is 0 Å². The van der Waals surface area contributed by atoms with Crippen molar-refractivity contribution in [2.75, 3.05) is 20.3 Å². The molecule has 0 saturated carbocycles. The zero-order chi connectivity index (χ0) is 15.1. The molecule has 2 aromatic rings. The van der Waals surface area contributed by atoms with Crippen LogP contribution in [0.3, 0.4) is 0 Å². The van der Waals surface area contributed by atoms with Gasteiger partial charge in [-0.25, -0.2) is 0 Å². The highest BCUT2D eigenvalue weighted by Crippen LogP contribution is 2.18. The number of rotatable bonds is 7. The molecule has 0 fully saturated rings. The predicted octanol–water partition coefficient (Wildman–Crippen LogP) is 3.36. The molecule has 2 aromatic carbocycles. The Balaban J connectivity index is 1.90. The van der Waals surface area contributed by atoms with E-state index in [1.54, 1.807) is 43.5 Å². The summed E-state index contributed by atoms with van der Waals surface area (Å²) < 4.78 is 15.9. The van der Waals surface area contributed by atoms with E-state index in [9.17, 15) is 4.79 Å². The van der Waals surface area contributed by atoms with Crippen LogP contribution >= 0.6 is 0 Å². The molecule has 21 heavy (non-hydrogen) atoms. The maximum atomic E-state index is 12.0. The van der Waals surface area contributed by atoms with Crippen LogP contribution in [0.15, 0.2) is 48.5 Å². The fourth-order valence-electron chi connectivity index (χ4n) is 1.81. The summed E-state index contributed by atoms with van der Waals surface area (Å²) >= 11 is 0. The van der Waals surface area contributed by atoms with Crippen LogP contribution in [0.5, 0.6) is 17.2 Å². The van der Waals surface area contributed by atoms with Gasteiger partial charge in [0.05, 0.1) is 13.7 Å². The maximum Gasteiger partial charge on any atom is 0.200 e. The van der Waals surface area contributed by atoms with E-state index in [0.717, 1.165) is 11.5 Å². The first kappa shape index (κ1) is 14.9. The van der Waals surface area contributed by atoms with E-state index in [4.69, 9.17) is 14.2 Å². The molecule has 0 N–H and O–H groups in total. The third-order valence-corrected chi connectivity index (χ3v) is 2.92. The van der Waals surface area contributed by atoms with E-state index in [0.29, 0.717) is 17.9 Å². The molecule has 4 nitrogen and oxygen atoms in total. The first-order valence-corrected chi connectivity index (χ1v) is 6.76. The summed E-state index contributed by atoms with van der Waals surface area (Å²) in [4.78, 5) is 12.0. The van der Waals surface area contributed by atoms with Gasteiger partial charge in [0, 0.05) is 5.56 Å². The summed E-state index contributed by atoms with van der Waals surface area (Å²) in [7, 11) is 1.59. The fraction of sp³-hybridized carbons (Fsp3) is 0.235. The van der Waals surface area contributed by atoms with Crippen molar-refractivity contribution in [2.45, 2.75) is 6.92 Å². The Hall–Kier alpha value is -2.49.